The van der Waals surface area contributed by atoms with Crippen molar-refractivity contribution in [1.29, 1.82) is 5.26 Å². The molecule has 1 heterocycles. The third-order valence-corrected chi connectivity index (χ3v) is 2.80. The minimum Gasteiger partial charge on any atom is -0.442 e. The minimum absolute atomic E-state index is 0.130. The van der Waals surface area contributed by atoms with Gasteiger partial charge < -0.3 is 14.4 Å². The summed E-state index contributed by atoms with van der Waals surface area (Å²) in [5.74, 6) is 0. The van der Waals surface area contributed by atoms with Gasteiger partial charge >= 0.3 is 6.09 Å². The molecule has 1 atom stereocenters. The van der Waals surface area contributed by atoms with Gasteiger partial charge in [-0.1, -0.05) is 0 Å². The number of ether oxygens (including phenoxy) is 1. The minimum atomic E-state index is -0.900. The number of hydroxylamine groups is 2. The molecule has 0 aliphatic carbocycles. The van der Waals surface area contributed by atoms with Crippen LogP contribution in [0.25, 0.3) is 0 Å². The lowest BCUT2D eigenvalue weighted by molar-refractivity contribution is -0.125. The Bertz CT molecular complexity index is 539. The summed E-state index contributed by atoms with van der Waals surface area (Å²) in [6.07, 6.45) is 0.861. The normalized spacial score (nSPS) is 12.6. The fourth-order valence-electron chi connectivity index (χ4n) is 1.87. The molecule has 0 aromatic carbocycles. The first kappa shape index (κ1) is 17.0. The third-order valence-electron chi connectivity index (χ3n) is 2.80. The van der Waals surface area contributed by atoms with Gasteiger partial charge in [0.1, 0.15) is 17.4 Å². The highest BCUT2D eigenvalue weighted by atomic mass is 16.6. The maximum absolute atomic E-state index is 11.9. The summed E-state index contributed by atoms with van der Waals surface area (Å²) in [4.78, 5) is 11.9. The second-order valence-corrected chi connectivity index (χ2v) is 5.73. The van der Waals surface area contributed by atoms with Crippen molar-refractivity contribution >= 4 is 6.09 Å². The number of aliphatic hydroxyl groups excluding tert-OH is 1. The van der Waals surface area contributed by atoms with E-state index in [0.29, 0.717) is 16.3 Å². The third kappa shape index (κ3) is 4.48. The van der Waals surface area contributed by atoms with E-state index in [-0.39, 0.29) is 13.0 Å². The molecule has 7 nitrogen and oxygen atoms in total. The molecule has 0 aliphatic heterocycles. The van der Waals surface area contributed by atoms with E-state index in [1.807, 2.05) is 6.07 Å². The molecule has 1 unspecified atom stereocenters. The number of nitriles is 1. The Balaban J connectivity index is 3.00. The average Bonchev–Trinajstić information content (AvgIpc) is 2.74. The van der Waals surface area contributed by atoms with E-state index in [0.717, 1.165) is 0 Å². The SMILES string of the molecule is Cn1cc(C(CCO)N(O)C(=O)OC(C)(C)C)cc1C#N. The predicted octanol–water partition coefficient (Wildman–Crippen LogP) is 1.95. The Morgan fingerprint density at radius 3 is 2.62 bits per heavy atom. The Morgan fingerprint density at radius 2 is 2.19 bits per heavy atom. The Morgan fingerprint density at radius 1 is 1.57 bits per heavy atom. The zero-order valence-electron chi connectivity index (χ0n) is 12.7. The number of aromatic nitrogens is 1. The number of amides is 1. The summed E-state index contributed by atoms with van der Waals surface area (Å²) in [6, 6.07) is 2.79. The van der Waals surface area contributed by atoms with E-state index >= 15 is 0 Å². The summed E-state index contributed by atoms with van der Waals surface area (Å²) in [5, 5.41) is 28.6. The van der Waals surface area contributed by atoms with Gasteiger partial charge in [-0.3, -0.25) is 5.21 Å². The van der Waals surface area contributed by atoms with Crippen LogP contribution < -0.4 is 0 Å². The van der Waals surface area contributed by atoms with Gasteiger partial charge in [-0.2, -0.15) is 10.3 Å². The molecule has 0 fully saturated rings. The first-order chi connectivity index (χ1) is 9.69. The molecule has 7 heteroatoms. The summed E-state index contributed by atoms with van der Waals surface area (Å²) in [6.45, 7) is 4.85. The van der Waals surface area contributed by atoms with Gasteiger partial charge in [-0.25, -0.2) is 4.79 Å². The smallest absolute Gasteiger partial charge is 0.434 e. The monoisotopic (exact) mass is 295 g/mol. The Labute approximate surface area is 123 Å². The van der Waals surface area contributed by atoms with Gasteiger partial charge in [0.15, 0.2) is 0 Å². The van der Waals surface area contributed by atoms with Gasteiger partial charge in [0.05, 0.1) is 6.04 Å². The largest absolute Gasteiger partial charge is 0.442 e. The Kier molecular flexibility index (Phi) is 5.35. The summed E-state index contributed by atoms with van der Waals surface area (Å²) in [5.41, 5.74) is 0.207. The molecule has 1 aromatic heterocycles. The van der Waals surface area contributed by atoms with E-state index in [4.69, 9.17) is 15.1 Å². The molecular formula is C14H21N3O4. The van der Waals surface area contributed by atoms with Gasteiger partial charge in [0.2, 0.25) is 0 Å². The molecule has 21 heavy (non-hydrogen) atoms. The van der Waals surface area contributed by atoms with Crippen molar-refractivity contribution in [2.24, 2.45) is 7.05 Å². The Hall–Kier alpha value is -2.04. The van der Waals surface area contributed by atoms with Gasteiger partial charge in [-0.05, 0) is 38.8 Å². The molecule has 0 spiro atoms. The van der Waals surface area contributed by atoms with Crippen LogP contribution in [0.15, 0.2) is 12.3 Å². The molecule has 1 aromatic rings. The molecule has 1 rings (SSSR count). The van der Waals surface area contributed by atoms with Crippen LogP contribution in [0.4, 0.5) is 4.79 Å². The number of carbonyl (C=O) groups excluding carboxylic acids is 1. The molecule has 1 amide bonds. The summed E-state index contributed by atoms with van der Waals surface area (Å²) >= 11 is 0. The van der Waals surface area contributed by atoms with Crippen LogP contribution in [0.3, 0.4) is 0 Å². The topological polar surface area (TPSA) is 98.7 Å². The number of rotatable bonds is 4. The van der Waals surface area contributed by atoms with Crippen LogP contribution in [0, 0.1) is 11.3 Å². The van der Waals surface area contributed by atoms with Gasteiger partial charge in [-0.15, -0.1) is 0 Å². The average molecular weight is 295 g/mol. The maximum Gasteiger partial charge on any atom is 0.434 e. The second kappa shape index (κ2) is 6.61. The van der Waals surface area contributed by atoms with E-state index in [1.165, 1.54) is 0 Å². The van der Waals surface area contributed by atoms with Crippen LogP contribution >= 0.6 is 0 Å². The molecule has 0 bridgehead atoms. The summed E-state index contributed by atoms with van der Waals surface area (Å²) in [7, 11) is 1.69. The van der Waals surface area contributed by atoms with Crippen molar-refractivity contribution in [3.63, 3.8) is 0 Å². The van der Waals surface area contributed by atoms with Crippen LogP contribution in [-0.2, 0) is 11.8 Å². The molecule has 0 saturated heterocycles. The van der Waals surface area contributed by atoms with Crippen molar-refractivity contribution in [1.82, 2.24) is 9.63 Å². The standard InChI is InChI=1S/C14H21N3O4/c1-14(2,3)21-13(19)17(20)12(5-6-18)10-7-11(8-15)16(4)9-10/h7,9,12,18,20H,5-6H2,1-4H3. The number of carbonyl (C=O) groups is 1. The van der Waals surface area contributed by atoms with Gasteiger partial charge in [0, 0.05) is 19.9 Å². The van der Waals surface area contributed by atoms with Crippen LogP contribution in [0.2, 0.25) is 0 Å². The molecule has 0 saturated carbocycles. The highest BCUT2D eigenvalue weighted by molar-refractivity contribution is 5.67. The molecule has 2 N–H and O–H groups in total. The van der Waals surface area contributed by atoms with Crippen molar-refractivity contribution in [3.05, 3.63) is 23.5 Å². The van der Waals surface area contributed by atoms with Crippen molar-refractivity contribution in [2.45, 2.75) is 38.8 Å². The fourth-order valence-corrected chi connectivity index (χ4v) is 1.87. The quantitative estimate of drug-likeness (QED) is 0.653. The highest BCUT2D eigenvalue weighted by Gasteiger charge is 2.29. The molecule has 0 radical (unpaired) electrons. The predicted molar refractivity (Wildman–Crippen MR) is 74.4 cm³/mol. The molecule has 0 aliphatic rings. The zero-order valence-corrected chi connectivity index (χ0v) is 12.7. The number of hydrogen-bond acceptors (Lipinski definition) is 5. The van der Waals surface area contributed by atoms with Crippen molar-refractivity contribution in [3.8, 4) is 6.07 Å². The van der Waals surface area contributed by atoms with Crippen molar-refractivity contribution < 1.29 is 19.8 Å². The van der Waals surface area contributed by atoms with Gasteiger partial charge in [0.25, 0.3) is 0 Å². The van der Waals surface area contributed by atoms with Crippen molar-refractivity contribution in [2.75, 3.05) is 6.61 Å². The van der Waals surface area contributed by atoms with E-state index in [1.54, 1.807) is 44.6 Å². The number of nitrogens with zero attached hydrogens (tertiary/aromatic N) is 3. The first-order valence-electron chi connectivity index (χ1n) is 6.58. The van der Waals surface area contributed by atoms with Crippen LogP contribution in [0.1, 0.15) is 44.5 Å². The zero-order chi connectivity index (χ0) is 16.2. The first-order valence-corrected chi connectivity index (χ1v) is 6.58. The van der Waals surface area contributed by atoms with E-state index in [9.17, 15) is 10.0 Å². The number of hydrogen-bond donors (Lipinski definition) is 2. The summed E-state index contributed by atoms with van der Waals surface area (Å²) < 4.78 is 6.68. The lowest BCUT2D eigenvalue weighted by Crippen LogP contribution is -2.37. The second-order valence-electron chi connectivity index (χ2n) is 5.73. The highest BCUT2D eigenvalue weighted by Crippen LogP contribution is 2.26. The number of aliphatic hydroxyl groups is 1. The van der Waals surface area contributed by atoms with Crippen LogP contribution in [0.5, 0.6) is 0 Å². The molecular weight excluding hydrogens is 274 g/mol. The molecule has 116 valence electrons. The fraction of sp³-hybridized carbons (Fsp3) is 0.571. The maximum atomic E-state index is 11.9. The number of aryl methyl sites for hydroxylation is 1. The lowest BCUT2D eigenvalue weighted by Gasteiger charge is -2.28. The van der Waals surface area contributed by atoms with Crippen LogP contribution in [-0.4, -0.2) is 38.2 Å². The van der Waals surface area contributed by atoms with E-state index in [2.05, 4.69) is 0 Å². The van der Waals surface area contributed by atoms with E-state index < -0.39 is 17.7 Å². The lowest BCUT2D eigenvalue weighted by atomic mass is 10.1.